The zero-order valence-electron chi connectivity index (χ0n) is 17.2. The van der Waals surface area contributed by atoms with E-state index in [1.807, 2.05) is 32.0 Å². The summed E-state index contributed by atoms with van der Waals surface area (Å²) in [7, 11) is 1.58. The Hall–Kier alpha value is -3.28. The van der Waals surface area contributed by atoms with Gasteiger partial charge in [-0.2, -0.15) is 0 Å². The minimum Gasteiger partial charge on any atom is -0.496 e. The summed E-state index contributed by atoms with van der Waals surface area (Å²) in [6.45, 7) is 7.27. The maximum Gasteiger partial charge on any atom is 0.348 e. The number of benzene rings is 2. The molecule has 152 valence electrons. The number of carbonyl (C=O) groups excluding carboxylic acids is 2. The highest BCUT2D eigenvalue weighted by Gasteiger charge is 2.38. The molecule has 0 amide bonds. The van der Waals surface area contributed by atoms with Crippen molar-refractivity contribution in [2.45, 2.75) is 40.1 Å². The predicted octanol–water partition coefficient (Wildman–Crippen LogP) is 4.11. The van der Waals surface area contributed by atoms with E-state index < -0.39 is 17.7 Å². The molecule has 6 nitrogen and oxygen atoms in total. The minimum absolute atomic E-state index is 0.157. The summed E-state index contributed by atoms with van der Waals surface area (Å²) in [5.41, 5.74) is 3.39. The zero-order valence-corrected chi connectivity index (χ0v) is 17.2. The molecule has 1 saturated heterocycles. The molecule has 1 heterocycles. The van der Waals surface area contributed by atoms with Gasteiger partial charge in [0.25, 0.3) is 5.79 Å². The first-order chi connectivity index (χ1) is 13.7. The molecular formula is C23H24O6. The lowest BCUT2D eigenvalue weighted by molar-refractivity contribution is -0.222. The first-order valence-electron chi connectivity index (χ1n) is 9.24. The number of carbonyl (C=O) groups is 2. The number of hydrogen-bond acceptors (Lipinski definition) is 6. The van der Waals surface area contributed by atoms with E-state index >= 15 is 0 Å². The van der Waals surface area contributed by atoms with Crippen molar-refractivity contribution >= 4 is 18.0 Å². The zero-order chi connectivity index (χ0) is 21.2. The normalized spacial score (nSPS) is 15.4. The monoisotopic (exact) mass is 396 g/mol. The molecule has 0 spiro atoms. The lowest BCUT2D eigenvalue weighted by atomic mass is 10.1. The fourth-order valence-corrected chi connectivity index (χ4v) is 2.96. The smallest absolute Gasteiger partial charge is 0.348 e. The van der Waals surface area contributed by atoms with Crippen LogP contribution in [-0.4, -0.2) is 24.8 Å². The SMILES string of the molecule is COc1ccc(C=C2C(=O)OC(C)(C)OC2=O)cc1COc1cc(C)ccc1C. The molecule has 2 aromatic rings. The van der Waals surface area contributed by atoms with Crippen molar-refractivity contribution in [1.29, 1.82) is 0 Å². The number of rotatable bonds is 5. The lowest BCUT2D eigenvalue weighted by Crippen LogP contribution is -2.41. The molecule has 2 aromatic carbocycles. The minimum atomic E-state index is -1.27. The molecule has 0 radical (unpaired) electrons. The van der Waals surface area contributed by atoms with Gasteiger partial charge >= 0.3 is 11.9 Å². The highest BCUT2D eigenvalue weighted by molar-refractivity contribution is 6.18. The van der Waals surface area contributed by atoms with Gasteiger partial charge in [-0.3, -0.25) is 0 Å². The van der Waals surface area contributed by atoms with Gasteiger partial charge in [0.1, 0.15) is 23.7 Å². The van der Waals surface area contributed by atoms with Crippen molar-refractivity contribution in [2.24, 2.45) is 0 Å². The third-order valence-electron chi connectivity index (χ3n) is 4.46. The molecule has 0 aromatic heterocycles. The van der Waals surface area contributed by atoms with Crippen LogP contribution in [0.25, 0.3) is 6.08 Å². The van der Waals surface area contributed by atoms with Crippen molar-refractivity contribution in [3.8, 4) is 11.5 Å². The summed E-state index contributed by atoms with van der Waals surface area (Å²) >= 11 is 0. The number of esters is 2. The van der Waals surface area contributed by atoms with Crippen molar-refractivity contribution in [2.75, 3.05) is 7.11 Å². The van der Waals surface area contributed by atoms with Gasteiger partial charge in [-0.1, -0.05) is 18.2 Å². The molecule has 29 heavy (non-hydrogen) atoms. The number of hydrogen-bond donors (Lipinski definition) is 0. The number of aryl methyl sites for hydroxylation is 2. The first-order valence-corrected chi connectivity index (χ1v) is 9.24. The summed E-state index contributed by atoms with van der Waals surface area (Å²) in [4.78, 5) is 24.3. The van der Waals surface area contributed by atoms with Gasteiger partial charge in [-0.05, 0) is 54.8 Å². The molecule has 6 heteroatoms. The van der Waals surface area contributed by atoms with E-state index in [0.717, 1.165) is 22.4 Å². The summed E-state index contributed by atoms with van der Waals surface area (Å²) in [5, 5.41) is 0. The third-order valence-corrected chi connectivity index (χ3v) is 4.46. The van der Waals surface area contributed by atoms with E-state index in [4.69, 9.17) is 18.9 Å². The number of ether oxygens (including phenoxy) is 4. The Morgan fingerprint density at radius 3 is 2.31 bits per heavy atom. The maximum atomic E-state index is 12.2. The van der Waals surface area contributed by atoms with Crippen LogP contribution in [-0.2, 0) is 25.7 Å². The average molecular weight is 396 g/mol. The molecule has 0 saturated carbocycles. The molecule has 0 bridgehead atoms. The van der Waals surface area contributed by atoms with Gasteiger partial charge < -0.3 is 18.9 Å². The largest absolute Gasteiger partial charge is 0.496 e. The quantitative estimate of drug-likeness (QED) is 0.430. The van der Waals surface area contributed by atoms with Crippen molar-refractivity contribution < 1.29 is 28.5 Å². The molecule has 0 aliphatic carbocycles. The van der Waals surface area contributed by atoms with Crippen LogP contribution in [0, 0.1) is 13.8 Å². The highest BCUT2D eigenvalue weighted by atomic mass is 16.7. The van der Waals surface area contributed by atoms with Gasteiger partial charge in [0.05, 0.1) is 7.11 Å². The van der Waals surface area contributed by atoms with Crippen LogP contribution in [0.1, 0.15) is 36.1 Å². The Labute approximate surface area is 170 Å². The first kappa shape index (κ1) is 20.5. The third kappa shape index (κ3) is 4.77. The van der Waals surface area contributed by atoms with E-state index in [9.17, 15) is 9.59 Å². The van der Waals surface area contributed by atoms with Gasteiger partial charge in [-0.15, -0.1) is 0 Å². The topological polar surface area (TPSA) is 71.1 Å². The Bertz CT molecular complexity index is 965. The molecule has 0 unspecified atom stereocenters. The Morgan fingerprint density at radius 2 is 1.66 bits per heavy atom. The van der Waals surface area contributed by atoms with Crippen LogP contribution in [0.5, 0.6) is 11.5 Å². The summed E-state index contributed by atoms with van der Waals surface area (Å²) in [5.74, 6) is -1.26. The van der Waals surface area contributed by atoms with Crippen LogP contribution >= 0.6 is 0 Å². The Kier molecular flexibility index (Phi) is 5.64. The summed E-state index contributed by atoms with van der Waals surface area (Å²) in [6.07, 6.45) is 1.45. The van der Waals surface area contributed by atoms with Crippen LogP contribution in [0.4, 0.5) is 0 Å². The fraction of sp³-hybridized carbons (Fsp3) is 0.304. The van der Waals surface area contributed by atoms with Crippen molar-refractivity contribution in [3.05, 3.63) is 64.2 Å². The van der Waals surface area contributed by atoms with E-state index in [1.54, 1.807) is 25.3 Å². The second kappa shape index (κ2) is 7.99. The van der Waals surface area contributed by atoms with E-state index in [1.165, 1.54) is 19.9 Å². The summed E-state index contributed by atoms with van der Waals surface area (Å²) in [6, 6.07) is 11.3. The van der Waals surface area contributed by atoms with E-state index in [2.05, 4.69) is 0 Å². The van der Waals surface area contributed by atoms with Crippen molar-refractivity contribution in [3.63, 3.8) is 0 Å². The summed E-state index contributed by atoms with van der Waals surface area (Å²) < 4.78 is 21.7. The predicted molar refractivity (Wildman–Crippen MR) is 107 cm³/mol. The molecule has 0 atom stereocenters. The molecule has 1 aliphatic rings. The van der Waals surface area contributed by atoms with Gasteiger partial charge in [0.2, 0.25) is 0 Å². The van der Waals surface area contributed by atoms with E-state index in [0.29, 0.717) is 11.3 Å². The molecule has 1 aliphatic heterocycles. The van der Waals surface area contributed by atoms with Gasteiger partial charge in [0, 0.05) is 19.4 Å². The van der Waals surface area contributed by atoms with Crippen LogP contribution in [0.3, 0.4) is 0 Å². The Morgan fingerprint density at radius 1 is 0.966 bits per heavy atom. The maximum absolute atomic E-state index is 12.2. The van der Waals surface area contributed by atoms with Crippen LogP contribution in [0.2, 0.25) is 0 Å². The highest BCUT2D eigenvalue weighted by Crippen LogP contribution is 2.28. The van der Waals surface area contributed by atoms with Crippen LogP contribution in [0.15, 0.2) is 42.0 Å². The van der Waals surface area contributed by atoms with Crippen LogP contribution < -0.4 is 9.47 Å². The second-order valence-electron chi connectivity index (χ2n) is 7.37. The number of cyclic esters (lactones) is 2. The van der Waals surface area contributed by atoms with Crippen molar-refractivity contribution in [1.82, 2.24) is 0 Å². The standard InChI is InChI=1S/C23H24O6/c1-14-6-7-15(2)20(10-14)27-13-17-11-16(8-9-19(17)26-5)12-18-21(24)28-23(3,4)29-22(18)25/h6-12H,13H2,1-5H3. The average Bonchev–Trinajstić information content (AvgIpc) is 2.65. The lowest BCUT2D eigenvalue weighted by Gasteiger charge is -2.29. The number of methoxy groups -OCH3 is 1. The fourth-order valence-electron chi connectivity index (χ4n) is 2.96. The van der Waals surface area contributed by atoms with Gasteiger partial charge in [-0.25, -0.2) is 9.59 Å². The molecular weight excluding hydrogens is 372 g/mol. The van der Waals surface area contributed by atoms with Gasteiger partial charge in [0.15, 0.2) is 0 Å². The second-order valence-corrected chi connectivity index (χ2v) is 7.37. The molecule has 0 N–H and O–H groups in total. The van der Waals surface area contributed by atoms with E-state index in [-0.39, 0.29) is 12.2 Å². The molecule has 3 rings (SSSR count). The Balaban J connectivity index is 1.86. The molecule has 1 fully saturated rings.